The molecule has 0 radical (unpaired) electrons. The summed E-state index contributed by atoms with van der Waals surface area (Å²) < 4.78 is 13.7. The van der Waals surface area contributed by atoms with Crippen molar-refractivity contribution in [3.8, 4) is 0 Å². The van der Waals surface area contributed by atoms with E-state index in [-0.39, 0.29) is 5.82 Å². The van der Waals surface area contributed by atoms with E-state index in [0.29, 0.717) is 30.3 Å². The van der Waals surface area contributed by atoms with Gasteiger partial charge in [-0.05, 0) is 48.6 Å². The average Bonchev–Trinajstić information content (AvgIpc) is 2.65. The third-order valence-corrected chi connectivity index (χ3v) is 4.29. The van der Waals surface area contributed by atoms with Crippen molar-refractivity contribution in [2.24, 2.45) is 0 Å². The lowest BCUT2D eigenvalue weighted by Gasteiger charge is -2.13. The Bertz CT molecular complexity index is 879. The number of hydrogen-bond donors (Lipinski definition) is 2. The van der Waals surface area contributed by atoms with Crippen molar-refractivity contribution in [1.29, 1.82) is 0 Å². The molecule has 0 amide bonds. The number of aromatic nitrogens is 2. The summed E-state index contributed by atoms with van der Waals surface area (Å²) in [5, 5.41) is 6.56. The third kappa shape index (κ3) is 4.36. The zero-order valence-corrected chi connectivity index (χ0v) is 15.1. The number of anilines is 3. The van der Waals surface area contributed by atoms with Crippen molar-refractivity contribution in [3.05, 3.63) is 77.2 Å². The van der Waals surface area contributed by atoms with Crippen molar-refractivity contribution < 1.29 is 4.39 Å². The molecule has 0 aliphatic heterocycles. The van der Waals surface area contributed by atoms with Gasteiger partial charge in [0, 0.05) is 18.4 Å². The maximum absolute atomic E-state index is 13.7. The van der Waals surface area contributed by atoms with Crippen molar-refractivity contribution in [2.75, 3.05) is 17.2 Å². The molecule has 1 aromatic heterocycles. The highest BCUT2D eigenvalue weighted by Gasteiger charge is 2.07. The van der Waals surface area contributed by atoms with Crippen molar-refractivity contribution in [3.63, 3.8) is 0 Å². The van der Waals surface area contributed by atoms with Gasteiger partial charge in [0.2, 0.25) is 5.95 Å². The average molecular weight is 350 g/mol. The van der Waals surface area contributed by atoms with Crippen LogP contribution >= 0.6 is 0 Å². The van der Waals surface area contributed by atoms with Crippen LogP contribution in [0.3, 0.4) is 0 Å². The van der Waals surface area contributed by atoms with Crippen LogP contribution in [0.4, 0.5) is 21.8 Å². The number of nitrogens with zero attached hydrogens (tertiary/aromatic N) is 2. The molecule has 0 aliphatic carbocycles. The second-order valence-electron chi connectivity index (χ2n) is 6.12. The van der Waals surface area contributed by atoms with E-state index in [1.165, 1.54) is 11.6 Å². The molecule has 1 heterocycles. The largest absolute Gasteiger partial charge is 0.370 e. The lowest BCUT2D eigenvalue weighted by Crippen LogP contribution is -2.09. The van der Waals surface area contributed by atoms with Crippen LogP contribution in [0.5, 0.6) is 0 Å². The standard InChI is InChI=1S/C21H23FN4/c1-3-16-9-6-7-15(2)20(16)26-21-24-14-12-19(25-21)23-13-11-17-8-4-5-10-18(17)22/h4-10,12,14H,3,11,13H2,1-2H3,(H2,23,24,25,26). The molecule has 2 N–H and O–H groups in total. The highest BCUT2D eigenvalue weighted by molar-refractivity contribution is 5.63. The zero-order valence-electron chi connectivity index (χ0n) is 15.1. The molecule has 5 heteroatoms. The van der Waals surface area contributed by atoms with E-state index in [9.17, 15) is 4.39 Å². The summed E-state index contributed by atoms with van der Waals surface area (Å²) in [6.07, 6.45) is 3.24. The fourth-order valence-electron chi connectivity index (χ4n) is 2.86. The van der Waals surface area contributed by atoms with Gasteiger partial charge in [0.1, 0.15) is 11.6 Å². The maximum atomic E-state index is 13.7. The molecule has 0 aliphatic rings. The summed E-state index contributed by atoms with van der Waals surface area (Å²) in [7, 11) is 0. The van der Waals surface area contributed by atoms with Crippen molar-refractivity contribution in [1.82, 2.24) is 9.97 Å². The summed E-state index contributed by atoms with van der Waals surface area (Å²) in [5.41, 5.74) is 4.13. The molecule has 26 heavy (non-hydrogen) atoms. The highest BCUT2D eigenvalue weighted by atomic mass is 19.1. The van der Waals surface area contributed by atoms with E-state index in [0.717, 1.165) is 17.7 Å². The number of hydrogen-bond acceptors (Lipinski definition) is 4. The fraction of sp³-hybridized carbons (Fsp3) is 0.238. The minimum Gasteiger partial charge on any atom is -0.370 e. The SMILES string of the molecule is CCc1cccc(C)c1Nc1nccc(NCCc2ccccc2F)n1. The zero-order chi connectivity index (χ0) is 18.4. The van der Waals surface area contributed by atoms with E-state index >= 15 is 0 Å². The Kier molecular flexibility index (Phi) is 5.79. The molecule has 0 atom stereocenters. The topological polar surface area (TPSA) is 49.8 Å². The quantitative estimate of drug-likeness (QED) is 0.637. The van der Waals surface area contributed by atoms with Crippen LogP contribution in [0, 0.1) is 12.7 Å². The molecular weight excluding hydrogens is 327 g/mol. The summed E-state index contributed by atoms with van der Waals surface area (Å²) in [4.78, 5) is 8.82. The Morgan fingerprint density at radius 2 is 1.81 bits per heavy atom. The van der Waals surface area contributed by atoms with Gasteiger partial charge < -0.3 is 10.6 Å². The molecule has 0 bridgehead atoms. The van der Waals surface area contributed by atoms with Gasteiger partial charge in [-0.25, -0.2) is 9.37 Å². The van der Waals surface area contributed by atoms with Crippen LogP contribution < -0.4 is 10.6 Å². The predicted molar refractivity (Wildman–Crippen MR) is 104 cm³/mol. The van der Waals surface area contributed by atoms with Crippen LogP contribution in [-0.2, 0) is 12.8 Å². The lowest BCUT2D eigenvalue weighted by molar-refractivity contribution is 0.610. The number of rotatable bonds is 7. The molecule has 3 rings (SSSR count). The molecular formula is C21H23FN4. The molecule has 0 fully saturated rings. The summed E-state index contributed by atoms with van der Waals surface area (Å²) in [6, 6.07) is 14.9. The van der Waals surface area contributed by atoms with Gasteiger partial charge in [0.25, 0.3) is 0 Å². The number of halogens is 1. The molecule has 134 valence electrons. The van der Waals surface area contributed by atoms with Crippen LogP contribution in [0.25, 0.3) is 0 Å². The van der Waals surface area contributed by atoms with Gasteiger partial charge in [-0.15, -0.1) is 0 Å². The predicted octanol–water partition coefficient (Wildman–Crippen LogP) is 4.88. The molecule has 0 unspecified atom stereocenters. The van der Waals surface area contributed by atoms with Crippen molar-refractivity contribution >= 4 is 17.5 Å². The summed E-state index contributed by atoms with van der Waals surface area (Å²) >= 11 is 0. The van der Waals surface area contributed by atoms with Crippen LogP contribution in [0.2, 0.25) is 0 Å². The summed E-state index contributed by atoms with van der Waals surface area (Å²) in [5.74, 6) is 1.08. The van der Waals surface area contributed by atoms with Gasteiger partial charge in [-0.2, -0.15) is 4.98 Å². The van der Waals surface area contributed by atoms with Gasteiger partial charge in [-0.3, -0.25) is 0 Å². The summed E-state index contributed by atoms with van der Waals surface area (Å²) in [6.45, 7) is 4.79. The Labute approximate surface area is 153 Å². The maximum Gasteiger partial charge on any atom is 0.229 e. The van der Waals surface area contributed by atoms with Gasteiger partial charge in [-0.1, -0.05) is 43.3 Å². The first-order valence-electron chi connectivity index (χ1n) is 8.83. The van der Waals surface area contributed by atoms with Gasteiger partial charge in [0.05, 0.1) is 0 Å². The smallest absolute Gasteiger partial charge is 0.229 e. The molecule has 0 saturated carbocycles. The lowest BCUT2D eigenvalue weighted by atomic mass is 10.1. The van der Waals surface area contributed by atoms with E-state index in [2.05, 4.69) is 52.6 Å². The molecule has 0 spiro atoms. The van der Waals surface area contributed by atoms with Gasteiger partial charge >= 0.3 is 0 Å². The number of benzene rings is 2. The Hall–Kier alpha value is -2.95. The Balaban J connectivity index is 1.66. The monoisotopic (exact) mass is 350 g/mol. The molecule has 4 nitrogen and oxygen atoms in total. The van der Waals surface area contributed by atoms with Gasteiger partial charge in [0.15, 0.2) is 0 Å². The van der Waals surface area contributed by atoms with Crippen LogP contribution in [0.15, 0.2) is 54.7 Å². The van der Waals surface area contributed by atoms with E-state index in [1.807, 2.05) is 12.1 Å². The minimum absolute atomic E-state index is 0.175. The Morgan fingerprint density at radius 1 is 1.00 bits per heavy atom. The second kappa shape index (κ2) is 8.43. The van der Waals surface area contributed by atoms with Crippen LogP contribution in [-0.4, -0.2) is 16.5 Å². The number of para-hydroxylation sites is 1. The van der Waals surface area contributed by atoms with Crippen molar-refractivity contribution in [2.45, 2.75) is 26.7 Å². The fourth-order valence-corrected chi connectivity index (χ4v) is 2.86. The number of aryl methyl sites for hydroxylation is 2. The van der Waals surface area contributed by atoms with E-state index < -0.39 is 0 Å². The van der Waals surface area contributed by atoms with E-state index in [4.69, 9.17) is 0 Å². The first-order valence-corrected chi connectivity index (χ1v) is 8.83. The molecule has 2 aromatic carbocycles. The van der Waals surface area contributed by atoms with Crippen LogP contribution in [0.1, 0.15) is 23.6 Å². The highest BCUT2D eigenvalue weighted by Crippen LogP contribution is 2.24. The van der Waals surface area contributed by atoms with E-state index in [1.54, 1.807) is 18.3 Å². The second-order valence-corrected chi connectivity index (χ2v) is 6.12. The first-order chi connectivity index (χ1) is 12.7. The molecule has 3 aromatic rings. The number of nitrogens with one attached hydrogen (secondary N) is 2. The molecule has 0 saturated heterocycles. The normalized spacial score (nSPS) is 10.6. The third-order valence-electron chi connectivity index (χ3n) is 4.29. The minimum atomic E-state index is -0.175. The Morgan fingerprint density at radius 3 is 2.62 bits per heavy atom. The first kappa shape index (κ1) is 17.9.